The van der Waals surface area contributed by atoms with Gasteiger partial charge in [-0.1, -0.05) is 47.6 Å². The van der Waals surface area contributed by atoms with Crippen LogP contribution in [0.2, 0.25) is 5.02 Å². The van der Waals surface area contributed by atoms with Gasteiger partial charge in [-0.2, -0.15) is 0 Å². The van der Waals surface area contributed by atoms with E-state index in [1.807, 2.05) is 0 Å². The molecule has 21 heavy (non-hydrogen) atoms. The van der Waals surface area contributed by atoms with Gasteiger partial charge in [-0.3, -0.25) is 9.59 Å². The molecule has 0 radical (unpaired) electrons. The van der Waals surface area contributed by atoms with Crippen molar-refractivity contribution in [3.8, 4) is 0 Å². The Morgan fingerprint density at radius 2 is 1.48 bits per heavy atom. The predicted octanol–water partition coefficient (Wildman–Crippen LogP) is 4.12. The molecule has 0 aliphatic heterocycles. The van der Waals surface area contributed by atoms with E-state index in [4.69, 9.17) is 11.6 Å². The largest absolute Gasteiger partial charge is 0.506 e. The van der Waals surface area contributed by atoms with Crippen LogP contribution in [0.15, 0.2) is 58.3 Å². The van der Waals surface area contributed by atoms with Crippen LogP contribution in [0, 0.1) is 0 Å². The van der Waals surface area contributed by atoms with Crippen molar-refractivity contribution in [2.24, 2.45) is 0 Å². The molecule has 0 aromatic heterocycles. The van der Waals surface area contributed by atoms with Crippen LogP contribution in [0.1, 0.15) is 15.9 Å². The molecule has 3 nitrogen and oxygen atoms in total. The molecule has 0 unspecified atom stereocenters. The van der Waals surface area contributed by atoms with Gasteiger partial charge in [-0.15, -0.1) is 0 Å². The van der Waals surface area contributed by atoms with Gasteiger partial charge in [0.25, 0.3) is 0 Å². The first kappa shape index (κ1) is 13.9. The number of hydrogen-bond acceptors (Lipinski definition) is 4. The van der Waals surface area contributed by atoms with Gasteiger partial charge in [0, 0.05) is 21.0 Å². The fraction of sp³-hybridized carbons (Fsp3) is 0. The number of allylic oxidation sites excluding steroid dienone is 1. The normalized spacial score (nSPS) is 14.3. The van der Waals surface area contributed by atoms with Gasteiger partial charge in [0.2, 0.25) is 11.6 Å². The van der Waals surface area contributed by atoms with Crippen molar-refractivity contribution in [1.82, 2.24) is 0 Å². The maximum absolute atomic E-state index is 12.2. The van der Waals surface area contributed by atoms with Crippen molar-refractivity contribution in [2.75, 3.05) is 0 Å². The molecule has 5 heteroatoms. The molecule has 0 fully saturated rings. The van der Waals surface area contributed by atoms with Crippen LogP contribution >= 0.6 is 23.4 Å². The van der Waals surface area contributed by atoms with Gasteiger partial charge >= 0.3 is 0 Å². The number of thioether (sulfide) groups is 1. The van der Waals surface area contributed by atoms with Crippen LogP contribution in [0.4, 0.5) is 0 Å². The molecule has 3 rings (SSSR count). The Labute approximate surface area is 130 Å². The van der Waals surface area contributed by atoms with E-state index in [0.29, 0.717) is 10.6 Å². The summed E-state index contributed by atoms with van der Waals surface area (Å²) in [5.41, 5.74) is 0.624. The molecule has 1 aliphatic carbocycles. The van der Waals surface area contributed by atoms with Crippen LogP contribution in [-0.2, 0) is 4.79 Å². The van der Waals surface area contributed by atoms with Gasteiger partial charge < -0.3 is 5.11 Å². The Morgan fingerprint density at radius 3 is 2.14 bits per heavy atom. The van der Waals surface area contributed by atoms with Crippen LogP contribution in [0.25, 0.3) is 5.76 Å². The van der Waals surface area contributed by atoms with E-state index in [2.05, 4.69) is 0 Å². The van der Waals surface area contributed by atoms with E-state index in [0.717, 1.165) is 16.7 Å². The van der Waals surface area contributed by atoms with Crippen LogP contribution < -0.4 is 0 Å². The third-order valence-electron chi connectivity index (χ3n) is 3.09. The molecule has 0 atom stereocenters. The molecule has 104 valence electrons. The SMILES string of the molecule is O=C1C(=O)c2ccccc2C(O)=C1Sc1ccc(Cl)cc1. The summed E-state index contributed by atoms with van der Waals surface area (Å²) in [5.74, 6) is -1.44. The average molecular weight is 317 g/mol. The number of ketones is 2. The number of fused-ring (bicyclic) bond motifs is 1. The molecule has 0 saturated carbocycles. The number of aliphatic hydroxyl groups excluding tert-OH is 1. The summed E-state index contributed by atoms with van der Waals surface area (Å²) in [7, 11) is 0. The van der Waals surface area contributed by atoms with E-state index >= 15 is 0 Å². The summed E-state index contributed by atoms with van der Waals surface area (Å²) in [6.07, 6.45) is 0. The van der Waals surface area contributed by atoms with Gasteiger partial charge in [0.15, 0.2) is 0 Å². The van der Waals surface area contributed by atoms with Crippen molar-refractivity contribution in [1.29, 1.82) is 0 Å². The molecular formula is C16H9ClO3S. The zero-order chi connectivity index (χ0) is 15.0. The highest BCUT2D eigenvalue weighted by molar-refractivity contribution is 8.04. The Morgan fingerprint density at radius 1 is 0.857 bits per heavy atom. The Balaban J connectivity index is 2.06. The lowest BCUT2D eigenvalue weighted by Crippen LogP contribution is -2.22. The van der Waals surface area contributed by atoms with Crippen molar-refractivity contribution < 1.29 is 14.7 Å². The highest BCUT2D eigenvalue weighted by atomic mass is 35.5. The number of rotatable bonds is 2. The maximum atomic E-state index is 12.2. The summed E-state index contributed by atoms with van der Waals surface area (Å²) in [6.45, 7) is 0. The summed E-state index contributed by atoms with van der Waals surface area (Å²) in [5, 5.41) is 10.9. The first-order valence-electron chi connectivity index (χ1n) is 6.13. The summed E-state index contributed by atoms with van der Waals surface area (Å²) < 4.78 is 0. The molecule has 0 saturated heterocycles. The van der Waals surface area contributed by atoms with Gasteiger partial charge in [0.05, 0.1) is 0 Å². The van der Waals surface area contributed by atoms with Crippen molar-refractivity contribution in [3.05, 3.63) is 69.6 Å². The summed E-state index contributed by atoms with van der Waals surface area (Å²) in [4.78, 5) is 25.0. The second-order valence-corrected chi connectivity index (χ2v) is 5.96. The van der Waals surface area contributed by atoms with Crippen molar-refractivity contribution in [2.45, 2.75) is 4.90 Å². The Bertz CT molecular complexity index is 778. The highest BCUT2D eigenvalue weighted by Crippen LogP contribution is 2.37. The zero-order valence-corrected chi connectivity index (χ0v) is 12.2. The van der Waals surface area contributed by atoms with E-state index in [1.54, 1.807) is 42.5 Å². The fourth-order valence-electron chi connectivity index (χ4n) is 2.06. The number of carbonyl (C=O) groups is 2. The molecule has 2 aromatic carbocycles. The standard InChI is InChI=1S/C16H9ClO3S/c17-9-5-7-10(8-6-9)21-16-14(19)12-4-2-1-3-11(12)13(18)15(16)20/h1-8,19H. The van der Waals surface area contributed by atoms with Crippen LogP contribution in [0.5, 0.6) is 0 Å². The van der Waals surface area contributed by atoms with Crippen molar-refractivity contribution in [3.63, 3.8) is 0 Å². The first-order chi connectivity index (χ1) is 10.1. The second kappa shape index (κ2) is 5.39. The van der Waals surface area contributed by atoms with Gasteiger partial charge in [0.1, 0.15) is 10.7 Å². The molecule has 1 N–H and O–H groups in total. The number of hydrogen-bond donors (Lipinski definition) is 1. The summed E-state index contributed by atoms with van der Waals surface area (Å²) in [6, 6.07) is 13.4. The molecular weight excluding hydrogens is 308 g/mol. The van der Waals surface area contributed by atoms with Crippen LogP contribution in [-0.4, -0.2) is 16.7 Å². The van der Waals surface area contributed by atoms with Crippen LogP contribution in [0.3, 0.4) is 0 Å². The van der Waals surface area contributed by atoms with Crippen molar-refractivity contribution >= 4 is 40.7 Å². The number of carbonyl (C=O) groups excluding carboxylic acids is 2. The number of aliphatic hydroxyl groups is 1. The Kier molecular flexibility index (Phi) is 3.57. The molecule has 2 aromatic rings. The molecule has 0 bridgehead atoms. The van der Waals surface area contributed by atoms with E-state index in [9.17, 15) is 14.7 Å². The van der Waals surface area contributed by atoms with Gasteiger partial charge in [-0.25, -0.2) is 0 Å². The minimum atomic E-state index is -0.689. The maximum Gasteiger partial charge on any atom is 0.243 e. The predicted molar refractivity (Wildman–Crippen MR) is 82.6 cm³/mol. The number of benzene rings is 2. The Hall–Kier alpha value is -2.04. The van der Waals surface area contributed by atoms with E-state index < -0.39 is 11.6 Å². The lowest BCUT2D eigenvalue weighted by Gasteiger charge is -2.17. The lowest BCUT2D eigenvalue weighted by molar-refractivity contribution is -0.111. The second-order valence-electron chi connectivity index (χ2n) is 4.44. The fourth-order valence-corrected chi connectivity index (χ4v) is 3.08. The van der Waals surface area contributed by atoms with Gasteiger partial charge in [-0.05, 0) is 24.3 Å². The van der Waals surface area contributed by atoms with E-state index in [-0.39, 0.29) is 16.2 Å². The quantitative estimate of drug-likeness (QED) is 0.847. The molecule has 0 amide bonds. The monoisotopic (exact) mass is 316 g/mol. The zero-order valence-electron chi connectivity index (χ0n) is 10.7. The van der Waals surface area contributed by atoms with E-state index in [1.165, 1.54) is 6.07 Å². The molecule has 1 aliphatic rings. The lowest BCUT2D eigenvalue weighted by atomic mass is 9.94. The number of Topliss-reactive ketones (excluding diaryl/α,β-unsaturated/α-hetero) is 2. The molecule has 0 heterocycles. The molecule has 0 spiro atoms. The summed E-state index contributed by atoms with van der Waals surface area (Å²) >= 11 is 6.87. The smallest absolute Gasteiger partial charge is 0.243 e. The third-order valence-corrected chi connectivity index (χ3v) is 4.43. The topological polar surface area (TPSA) is 54.4 Å². The minimum absolute atomic E-state index is 0.0426. The third kappa shape index (κ3) is 2.48. The average Bonchev–Trinajstić information content (AvgIpc) is 2.51. The number of halogens is 1. The minimum Gasteiger partial charge on any atom is -0.506 e. The first-order valence-corrected chi connectivity index (χ1v) is 7.32. The highest BCUT2D eigenvalue weighted by Gasteiger charge is 2.33.